The summed E-state index contributed by atoms with van der Waals surface area (Å²) in [5.74, 6) is -2.79. The van der Waals surface area contributed by atoms with E-state index in [1.54, 1.807) is 0 Å². The maximum Gasteiger partial charge on any atom is 0.333 e. The lowest BCUT2D eigenvalue weighted by Crippen LogP contribution is -2.25. The van der Waals surface area contributed by atoms with Crippen molar-refractivity contribution in [3.05, 3.63) is 48.1 Å². The molecule has 0 rings (SSSR count). The molecule has 0 aromatic heterocycles. The summed E-state index contributed by atoms with van der Waals surface area (Å²) in [6.45, 7) is 15.4. The normalized spacial score (nSPS) is 11.4. The third-order valence-corrected chi connectivity index (χ3v) is 3.30. The van der Waals surface area contributed by atoms with Crippen molar-refractivity contribution in [2.24, 2.45) is 0 Å². The third-order valence-electron chi connectivity index (χ3n) is 3.30. The number of carboxylic acid groups (broad SMARTS) is 1. The van der Waals surface area contributed by atoms with Crippen LogP contribution in [0.25, 0.3) is 0 Å². The van der Waals surface area contributed by atoms with Crippen LogP contribution in [0.1, 0.15) is 34.1 Å². The lowest BCUT2D eigenvalue weighted by molar-refractivity contribution is -0.147. The minimum absolute atomic E-state index is 0.127. The Bertz CT molecular complexity index is 718. The lowest BCUT2D eigenvalue weighted by atomic mass is 10.2. The van der Waals surface area contributed by atoms with E-state index < -0.39 is 36.1 Å². The van der Waals surface area contributed by atoms with E-state index in [-0.39, 0.29) is 48.5 Å². The number of carboxylic acids is 1. The van der Waals surface area contributed by atoms with Gasteiger partial charge in [0.25, 0.3) is 0 Å². The molecule has 3 N–H and O–H groups in total. The zero-order valence-electron chi connectivity index (χ0n) is 18.9. The first-order valence-electron chi connectivity index (χ1n) is 9.43. The standard InChI is InChI=1S/2C11H16O5/c1-7(2)10(13)15-5-9(12)6-16-11(14)8(3)4;1-7(2)11(15)16-6-9(12)5-4-8(3)10(13)14/h9,12H,1,3,5-6H2,2,4H3;4,9,12H,1,5-6H2,2-3H3,(H,13,14). The molecule has 0 aliphatic heterocycles. The topological polar surface area (TPSA) is 157 Å². The molecule has 180 valence electrons. The van der Waals surface area contributed by atoms with Gasteiger partial charge in [0.2, 0.25) is 0 Å². The van der Waals surface area contributed by atoms with Crippen molar-refractivity contribution >= 4 is 23.9 Å². The molecule has 10 nitrogen and oxygen atoms in total. The largest absolute Gasteiger partial charge is 0.478 e. The Hall–Kier alpha value is -3.24. The first-order chi connectivity index (χ1) is 14.7. The van der Waals surface area contributed by atoms with Crippen LogP contribution in [0, 0.1) is 0 Å². The van der Waals surface area contributed by atoms with Gasteiger partial charge in [0.05, 0.1) is 6.10 Å². The van der Waals surface area contributed by atoms with E-state index in [0.717, 1.165) is 0 Å². The Morgan fingerprint density at radius 2 is 1.03 bits per heavy atom. The van der Waals surface area contributed by atoms with Gasteiger partial charge in [-0.05, 0) is 34.1 Å². The van der Waals surface area contributed by atoms with E-state index in [0.29, 0.717) is 0 Å². The van der Waals surface area contributed by atoms with E-state index in [1.165, 1.54) is 33.8 Å². The van der Waals surface area contributed by atoms with Gasteiger partial charge in [-0.2, -0.15) is 0 Å². The molecule has 0 fully saturated rings. The number of aliphatic carboxylic acids is 1. The molecule has 32 heavy (non-hydrogen) atoms. The van der Waals surface area contributed by atoms with Crippen molar-refractivity contribution < 1.29 is 48.7 Å². The van der Waals surface area contributed by atoms with Crippen LogP contribution in [0.5, 0.6) is 0 Å². The summed E-state index contributed by atoms with van der Waals surface area (Å²) in [5, 5.41) is 27.2. The van der Waals surface area contributed by atoms with Crippen LogP contribution < -0.4 is 0 Å². The Kier molecular flexibility index (Phi) is 15.9. The molecular weight excluding hydrogens is 424 g/mol. The van der Waals surface area contributed by atoms with Gasteiger partial charge in [-0.3, -0.25) is 0 Å². The van der Waals surface area contributed by atoms with Crippen molar-refractivity contribution in [3.8, 4) is 0 Å². The highest BCUT2D eigenvalue weighted by Gasteiger charge is 2.12. The van der Waals surface area contributed by atoms with Crippen LogP contribution in [0.15, 0.2) is 48.1 Å². The number of aliphatic hydroxyl groups is 2. The number of esters is 3. The van der Waals surface area contributed by atoms with Crippen LogP contribution in [-0.2, 0) is 33.4 Å². The van der Waals surface area contributed by atoms with Crippen LogP contribution in [0.3, 0.4) is 0 Å². The van der Waals surface area contributed by atoms with Gasteiger partial charge in [0.1, 0.15) is 25.9 Å². The van der Waals surface area contributed by atoms with E-state index in [9.17, 15) is 29.4 Å². The molecule has 1 atom stereocenters. The fourth-order valence-corrected chi connectivity index (χ4v) is 1.40. The summed E-state index contributed by atoms with van der Waals surface area (Å²) in [6.07, 6.45) is -0.451. The summed E-state index contributed by atoms with van der Waals surface area (Å²) < 4.78 is 14.0. The number of hydrogen-bond acceptors (Lipinski definition) is 9. The third kappa shape index (κ3) is 16.5. The van der Waals surface area contributed by atoms with Crippen LogP contribution >= 0.6 is 0 Å². The first kappa shape index (κ1) is 30.9. The Morgan fingerprint density at radius 3 is 1.31 bits per heavy atom. The Labute approximate surface area is 187 Å². The summed E-state index contributed by atoms with van der Waals surface area (Å²) in [7, 11) is 0. The predicted octanol–water partition coefficient (Wildman–Crippen LogP) is 1.47. The summed E-state index contributed by atoms with van der Waals surface area (Å²) in [6, 6.07) is 0. The maximum absolute atomic E-state index is 11.0. The highest BCUT2D eigenvalue weighted by molar-refractivity contribution is 5.88. The second-order valence-electron chi connectivity index (χ2n) is 6.87. The van der Waals surface area contributed by atoms with E-state index in [1.807, 2.05) is 0 Å². The Balaban J connectivity index is 0. The van der Waals surface area contributed by atoms with Crippen LogP contribution in [-0.4, -0.2) is 71.2 Å². The number of carbonyl (C=O) groups excluding carboxylic acids is 3. The molecule has 0 aromatic rings. The molecular formula is C22H32O10. The number of hydrogen-bond donors (Lipinski definition) is 3. The smallest absolute Gasteiger partial charge is 0.333 e. The van der Waals surface area contributed by atoms with Crippen LogP contribution in [0.4, 0.5) is 0 Å². The molecule has 0 saturated carbocycles. The fraction of sp³-hybridized carbons (Fsp3) is 0.455. The van der Waals surface area contributed by atoms with Gasteiger partial charge in [-0.15, -0.1) is 0 Å². The van der Waals surface area contributed by atoms with E-state index >= 15 is 0 Å². The van der Waals surface area contributed by atoms with Crippen molar-refractivity contribution in [2.45, 2.75) is 46.3 Å². The minimum atomic E-state index is -1.05. The highest BCUT2D eigenvalue weighted by atomic mass is 16.6. The number of rotatable bonds is 12. The van der Waals surface area contributed by atoms with Gasteiger partial charge in [0.15, 0.2) is 0 Å². The molecule has 0 aromatic carbocycles. The highest BCUT2D eigenvalue weighted by Crippen LogP contribution is 2.02. The molecule has 0 amide bonds. The Morgan fingerprint density at radius 1 is 0.719 bits per heavy atom. The second kappa shape index (κ2) is 16.5. The molecule has 0 radical (unpaired) electrons. The van der Waals surface area contributed by atoms with Crippen molar-refractivity contribution in [1.29, 1.82) is 0 Å². The summed E-state index contributed by atoms with van der Waals surface area (Å²) in [5.41, 5.74) is 0.881. The molecule has 0 spiro atoms. The maximum atomic E-state index is 11.0. The predicted molar refractivity (Wildman–Crippen MR) is 115 cm³/mol. The quantitative estimate of drug-likeness (QED) is 0.223. The van der Waals surface area contributed by atoms with Gasteiger partial charge in [0, 0.05) is 22.3 Å². The average molecular weight is 456 g/mol. The molecule has 1 unspecified atom stereocenters. The molecule has 0 saturated heterocycles. The fourth-order valence-electron chi connectivity index (χ4n) is 1.40. The SMILES string of the molecule is C=C(C)C(=O)OCC(O)CC=C(C)C(=O)O.C=C(C)C(=O)OCC(O)COC(=O)C(=C)C. The van der Waals surface area contributed by atoms with Crippen LogP contribution in [0.2, 0.25) is 0 Å². The minimum Gasteiger partial charge on any atom is -0.478 e. The molecule has 0 aliphatic carbocycles. The molecule has 0 heterocycles. The molecule has 10 heteroatoms. The zero-order chi connectivity index (χ0) is 25.4. The zero-order valence-corrected chi connectivity index (χ0v) is 18.9. The van der Waals surface area contributed by atoms with Crippen molar-refractivity contribution in [3.63, 3.8) is 0 Å². The van der Waals surface area contributed by atoms with E-state index in [2.05, 4.69) is 29.2 Å². The van der Waals surface area contributed by atoms with Gasteiger partial charge in [-0.1, -0.05) is 25.8 Å². The average Bonchev–Trinajstić information content (AvgIpc) is 2.71. The van der Waals surface area contributed by atoms with E-state index in [4.69, 9.17) is 9.84 Å². The van der Waals surface area contributed by atoms with Crippen molar-refractivity contribution in [2.75, 3.05) is 19.8 Å². The first-order valence-corrected chi connectivity index (χ1v) is 9.43. The molecule has 0 bridgehead atoms. The van der Waals surface area contributed by atoms with Gasteiger partial charge < -0.3 is 29.5 Å². The number of carbonyl (C=O) groups is 4. The number of ether oxygens (including phenoxy) is 3. The second-order valence-corrected chi connectivity index (χ2v) is 6.87. The van der Waals surface area contributed by atoms with Crippen molar-refractivity contribution in [1.82, 2.24) is 0 Å². The lowest BCUT2D eigenvalue weighted by Gasteiger charge is -2.11. The monoisotopic (exact) mass is 456 g/mol. The summed E-state index contributed by atoms with van der Waals surface area (Å²) in [4.78, 5) is 43.2. The number of aliphatic hydroxyl groups excluding tert-OH is 2. The molecule has 0 aliphatic rings. The summed E-state index contributed by atoms with van der Waals surface area (Å²) >= 11 is 0. The van der Waals surface area contributed by atoms with Gasteiger partial charge in [-0.25, -0.2) is 19.2 Å². The van der Waals surface area contributed by atoms with Gasteiger partial charge >= 0.3 is 23.9 Å².